The highest BCUT2D eigenvalue weighted by Crippen LogP contribution is 2.22. The Morgan fingerprint density at radius 2 is 1.87 bits per heavy atom. The molecule has 2 aromatic rings. The lowest BCUT2D eigenvalue weighted by Crippen LogP contribution is -2.39. The maximum Gasteiger partial charge on any atom is 0.240 e. The number of ether oxygens (including phenoxy) is 1. The number of morpholine rings is 1. The van der Waals surface area contributed by atoms with E-state index in [-0.39, 0.29) is 16.9 Å². The molecule has 7 nitrogen and oxygen atoms in total. The minimum atomic E-state index is -3.57. The molecule has 1 atom stereocenters. The van der Waals surface area contributed by atoms with Crippen LogP contribution >= 0.6 is 0 Å². The third kappa shape index (κ3) is 6.37. The summed E-state index contributed by atoms with van der Waals surface area (Å²) in [5, 5.41) is 2.70. The van der Waals surface area contributed by atoms with Gasteiger partial charge in [0.2, 0.25) is 15.9 Å². The number of hydrogen-bond donors (Lipinski definition) is 2. The van der Waals surface area contributed by atoms with Gasteiger partial charge in [0.05, 0.1) is 17.6 Å². The van der Waals surface area contributed by atoms with E-state index in [0.717, 1.165) is 19.6 Å². The highest BCUT2D eigenvalue weighted by atomic mass is 32.2. The van der Waals surface area contributed by atoms with E-state index in [1.54, 1.807) is 19.1 Å². The third-order valence-corrected chi connectivity index (χ3v) is 6.51. The number of anilines is 1. The topological polar surface area (TPSA) is 87.7 Å². The summed E-state index contributed by atoms with van der Waals surface area (Å²) in [5.74, 6) is -0.110. The molecule has 162 valence electrons. The fourth-order valence-electron chi connectivity index (χ4n) is 3.33. The molecular weight excluding hydrogens is 402 g/mol. The summed E-state index contributed by atoms with van der Waals surface area (Å²) in [5.41, 5.74) is 1.75. The highest BCUT2D eigenvalue weighted by Gasteiger charge is 2.21. The van der Waals surface area contributed by atoms with Gasteiger partial charge in [-0.3, -0.25) is 9.69 Å². The van der Waals surface area contributed by atoms with E-state index in [2.05, 4.69) is 27.1 Å². The van der Waals surface area contributed by atoms with Gasteiger partial charge in [0.1, 0.15) is 0 Å². The summed E-state index contributed by atoms with van der Waals surface area (Å²) < 4.78 is 33.5. The Morgan fingerprint density at radius 1 is 1.13 bits per heavy atom. The van der Waals surface area contributed by atoms with Crippen LogP contribution in [0, 0.1) is 0 Å². The van der Waals surface area contributed by atoms with Crippen molar-refractivity contribution in [2.24, 2.45) is 0 Å². The van der Waals surface area contributed by atoms with Crippen LogP contribution in [0.5, 0.6) is 0 Å². The molecule has 8 heteroatoms. The lowest BCUT2D eigenvalue weighted by Gasteiger charge is -2.33. The van der Waals surface area contributed by atoms with Gasteiger partial charge in [-0.25, -0.2) is 13.1 Å². The first-order chi connectivity index (χ1) is 14.5. The molecule has 2 N–H and O–H groups in total. The summed E-state index contributed by atoms with van der Waals surface area (Å²) in [6.45, 7) is 5.26. The molecule has 1 unspecified atom stereocenters. The molecule has 3 rings (SSSR count). The van der Waals surface area contributed by atoms with E-state index < -0.39 is 10.0 Å². The van der Waals surface area contributed by atoms with Crippen LogP contribution in [0.3, 0.4) is 0 Å². The number of hydrogen-bond acceptors (Lipinski definition) is 5. The van der Waals surface area contributed by atoms with Crippen molar-refractivity contribution >= 4 is 21.6 Å². The molecule has 1 aliphatic heterocycles. The van der Waals surface area contributed by atoms with Gasteiger partial charge in [0.15, 0.2) is 0 Å². The van der Waals surface area contributed by atoms with E-state index in [4.69, 9.17) is 4.74 Å². The number of nitrogens with one attached hydrogen (secondary N) is 2. The van der Waals surface area contributed by atoms with Crippen LogP contribution in [0.15, 0.2) is 59.5 Å². The number of benzene rings is 2. The van der Waals surface area contributed by atoms with Crippen LogP contribution < -0.4 is 10.0 Å². The van der Waals surface area contributed by atoms with Crippen molar-refractivity contribution in [3.63, 3.8) is 0 Å². The predicted octanol–water partition coefficient (Wildman–Crippen LogP) is 2.78. The Kier molecular flexibility index (Phi) is 7.98. The normalized spacial score (nSPS) is 17.6. The molecular formula is C22H29N3O4S. The van der Waals surface area contributed by atoms with Crippen LogP contribution in [-0.2, 0) is 19.6 Å². The number of carbonyl (C=O) groups is 1. The van der Waals surface area contributed by atoms with Crippen LogP contribution in [-0.4, -0.2) is 52.0 Å². The molecule has 1 amide bonds. The number of nitrogens with zero attached hydrogens (tertiary/aromatic N) is 1. The fourth-order valence-corrected chi connectivity index (χ4v) is 4.41. The van der Waals surface area contributed by atoms with Crippen molar-refractivity contribution in [3.8, 4) is 0 Å². The zero-order valence-corrected chi connectivity index (χ0v) is 18.0. The monoisotopic (exact) mass is 431 g/mol. The number of amides is 1. The van der Waals surface area contributed by atoms with Gasteiger partial charge in [0, 0.05) is 31.7 Å². The third-order valence-electron chi connectivity index (χ3n) is 5.03. The van der Waals surface area contributed by atoms with Gasteiger partial charge in [0.25, 0.3) is 0 Å². The van der Waals surface area contributed by atoms with Crippen LogP contribution in [0.4, 0.5) is 5.69 Å². The van der Waals surface area contributed by atoms with Crippen LogP contribution in [0.25, 0.3) is 0 Å². The molecule has 1 heterocycles. The fraction of sp³-hybridized carbons (Fsp3) is 0.409. The summed E-state index contributed by atoms with van der Waals surface area (Å²) in [6, 6.07) is 16.3. The van der Waals surface area contributed by atoms with Crippen molar-refractivity contribution < 1.29 is 17.9 Å². The van der Waals surface area contributed by atoms with Gasteiger partial charge < -0.3 is 10.1 Å². The van der Waals surface area contributed by atoms with Gasteiger partial charge in [-0.15, -0.1) is 0 Å². The molecule has 1 aliphatic rings. The largest absolute Gasteiger partial charge is 0.371 e. The lowest BCUT2D eigenvalue weighted by atomic mass is 10.1. The molecule has 0 aromatic heterocycles. The summed E-state index contributed by atoms with van der Waals surface area (Å²) in [6.07, 6.45) is 1.14. The lowest BCUT2D eigenvalue weighted by molar-refractivity contribution is -0.115. The Morgan fingerprint density at radius 3 is 2.57 bits per heavy atom. The predicted molar refractivity (Wildman–Crippen MR) is 117 cm³/mol. The molecule has 30 heavy (non-hydrogen) atoms. The molecule has 0 saturated carbocycles. The summed E-state index contributed by atoms with van der Waals surface area (Å²) >= 11 is 0. The van der Waals surface area contributed by atoms with Crippen molar-refractivity contribution in [2.45, 2.75) is 30.8 Å². The van der Waals surface area contributed by atoms with Gasteiger partial charge in [-0.1, -0.05) is 37.3 Å². The summed E-state index contributed by atoms with van der Waals surface area (Å²) in [7, 11) is -3.57. The maximum atomic E-state index is 12.5. The molecule has 0 spiro atoms. The zero-order valence-electron chi connectivity index (χ0n) is 17.2. The first-order valence-corrected chi connectivity index (χ1v) is 11.7. The average molecular weight is 432 g/mol. The van der Waals surface area contributed by atoms with Gasteiger partial charge in [-0.05, 0) is 42.8 Å². The minimum absolute atomic E-state index is 0.0587. The quantitative estimate of drug-likeness (QED) is 0.596. The summed E-state index contributed by atoms with van der Waals surface area (Å²) in [4.78, 5) is 13.9. The van der Waals surface area contributed by atoms with Crippen molar-refractivity contribution in [3.05, 3.63) is 60.2 Å². The SMILES string of the molecule is CCC(=O)Nc1ccc(S(=O)(=O)NCCCN2CCOC(c3ccccc3)C2)cc1. The average Bonchev–Trinajstić information content (AvgIpc) is 2.78. The van der Waals surface area contributed by atoms with E-state index in [0.29, 0.717) is 31.7 Å². The second-order valence-corrected chi connectivity index (χ2v) is 9.02. The van der Waals surface area contributed by atoms with Crippen LogP contribution in [0.1, 0.15) is 31.4 Å². The molecule has 0 radical (unpaired) electrons. The Balaban J connectivity index is 1.44. The molecule has 1 saturated heterocycles. The highest BCUT2D eigenvalue weighted by molar-refractivity contribution is 7.89. The second kappa shape index (κ2) is 10.7. The van der Waals surface area contributed by atoms with Gasteiger partial charge in [-0.2, -0.15) is 0 Å². The maximum absolute atomic E-state index is 12.5. The molecule has 1 fully saturated rings. The van der Waals surface area contributed by atoms with Gasteiger partial charge >= 0.3 is 0 Å². The van der Waals surface area contributed by atoms with Crippen molar-refractivity contribution in [2.75, 3.05) is 38.1 Å². The number of sulfonamides is 1. The standard InChI is InChI=1S/C22H29N3O4S/c1-2-22(26)24-19-9-11-20(12-10-19)30(27,28)23-13-6-14-25-15-16-29-21(17-25)18-7-4-3-5-8-18/h3-5,7-12,21,23H,2,6,13-17H2,1H3,(H,24,26). The molecule has 0 bridgehead atoms. The van der Waals surface area contributed by atoms with E-state index in [9.17, 15) is 13.2 Å². The van der Waals surface area contributed by atoms with E-state index >= 15 is 0 Å². The van der Waals surface area contributed by atoms with Crippen molar-refractivity contribution in [1.29, 1.82) is 0 Å². The first kappa shape index (κ1) is 22.4. The second-order valence-electron chi connectivity index (χ2n) is 7.25. The van der Waals surface area contributed by atoms with Crippen molar-refractivity contribution in [1.82, 2.24) is 9.62 Å². The number of carbonyl (C=O) groups excluding carboxylic acids is 1. The molecule has 0 aliphatic carbocycles. The zero-order chi connectivity index (χ0) is 21.4. The van der Waals surface area contributed by atoms with E-state index in [1.165, 1.54) is 17.7 Å². The Labute approximate surface area is 178 Å². The Bertz CT molecular complexity index is 917. The van der Waals surface area contributed by atoms with E-state index in [1.807, 2.05) is 18.2 Å². The number of rotatable bonds is 9. The Hall–Kier alpha value is -2.26. The van der Waals surface area contributed by atoms with Crippen LogP contribution in [0.2, 0.25) is 0 Å². The molecule has 2 aromatic carbocycles. The first-order valence-electron chi connectivity index (χ1n) is 10.3. The minimum Gasteiger partial charge on any atom is -0.371 e. The smallest absolute Gasteiger partial charge is 0.240 e.